The highest BCUT2D eigenvalue weighted by atomic mass is 19.1. The molecule has 0 radical (unpaired) electrons. The normalized spacial score (nSPS) is 18.9. The maximum absolute atomic E-state index is 15.2. The van der Waals surface area contributed by atoms with Gasteiger partial charge >= 0.3 is 0 Å². The summed E-state index contributed by atoms with van der Waals surface area (Å²) in [5.41, 5.74) is 17.9. The Morgan fingerprint density at radius 1 is 1.15 bits per heavy atom. The van der Waals surface area contributed by atoms with Gasteiger partial charge in [0, 0.05) is 16.5 Å². The number of rotatable bonds is 6. The number of nitrogens with two attached hydrogens (primary N) is 3. The molecule has 0 atom stereocenters. The van der Waals surface area contributed by atoms with E-state index >= 15 is 4.39 Å². The lowest BCUT2D eigenvalue weighted by Gasteiger charge is -2.28. The molecule has 1 amide bonds. The molecule has 1 aromatic heterocycles. The number of pyridine rings is 1. The van der Waals surface area contributed by atoms with E-state index < -0.39 is 23.6 Å². The van der Waals surface area contributed by atoms with E-state index in [2.05, 4.69) is 9.98 Å². The van der Waals surface area contributed by atoms with Crippen LogP contribution in [-0.2, 0) is 4.79 Å². The number of carbonyl (C=O) groups is 1. The first-order chi connectivity index (χ1) is 16.2. The van der Waals surface area contributed by atoms with Gasteiger partial charge in [0.05, 0.1) is 30.5 Å². The lowest BCUT2D eigenvalue weighted by Crippen LogP contribution is -2.36. The number of aromatic nitrogens is 1. The predicted octanol–water partition coefficient (Wildman–Crippen LogP) is 2.22. The van der Waals surface area contributed by atoms with Crippen molar-refractivity contribution in [2.75, 3.05) is 7.11 Å². The maximum atomic E-state index is 15.2. The molecule has 1 saturated carbocycles. The van der Waals surface area contributed by atoms with Gasteiger partial charge in [0.15, 0.2) is 11.6 Å². The van der Waals surface area contributed by atoms with Crippen molar-refractivity contribution in [3.05, 3.63) is 65.2 Å². The Hall–Kier alpha value is -4.05. The Morgan fingerprint density at radius 3 is 2.47 bits per heavy atom. The molecule has 0 saturated heterocycles. The van der Waals surface area contributed by atoms with Gasteiger partial charge in [-0.25, -0.2) is 13.8 Å². The molecule has 1 heterocycles. The van der Waals surface area contributed by atoms with Gasteiger partial charge in [0.2, 0.25) is 0 Å². The molecule has 8 nitrogen and oxygen atoms in total. The van der Waals surface area contributed by atoms with Gasteiger partial charge in [-0.05, 0) is 37.1 Å². The fourth-order valence-corrected chi connectivity index (χ4v) is 3.88. The van der Waals surface area contributed by atoms with Crippen molar-refractivity contribution in [3.63, 3.8) is 0 Å². The smallest absolute Gasteiger partial charge is 0.254 e. The Bertz CT molecular complexity index is 1350. The lowest BCUT2D eigenvalue weighted by molar-refractivity contribution is -0.114. The highest BCUT2D eigenvalue weighted by molar-refractivity contribution is 6.24. The van der Waals surface area contributed by atoms with E-state index in [0.29, 0.717) is 23.8 Å². The summed E-state index contributed by atoms with van der Waals surface area (Å²) in [6.45, 7) is 0. The number of amides is 1. The van der Waals surface area contributed by atoms with Crippen LogP contribution in [0.5, 0.6) is 5.75 Å². The van der Waals surface area contributed by atoms with Gasteiger partial charge in [-0.3, -0.25) is 9.79 Å². The fraction of sp³-hybridized carbons (Fsp3) is 0.208. The third kappa shape index (κ3) is 4.15. The first kappa shape index (κ1) is 23.1. The van der Waals surface area contributed by atoms with Crippen LogP contribution in [0.4, 0.5) is 8.78 Å². The number of aliphatic hydroxyl groups is 1. The van der Waals surface area contributed by atoms with Crippen molar-refractivity contribution in [2.45, 2.75) is 25.0 Å². The second-order valence-electron chi connectivity index (χ2n) is 7.97. The van der Waals surface area contributed by atoms with Crippen LogP contribution in [-0.4, -0.2) is 41.1 Å². The van der Waals surface area contributed by atoms with Crippen molar-refractivity contribution >= 4 is 28.3 Å². The number of benzene rings is 2. The van der Waals surface area contributed by atoms with Gasteiger partial charge in [-0.2, -0.15) is 0 Å². The number of hydrogen-bond donors (Lipinski definition) is 4. The van der Waals surface area contributed by atoms with E-state index in [1.165, 1.54) is 43.5 Å². The topological polar surface area (TPSA) is 150 Å². The zero-order valence-electron chi connectivity index (χ0n) is 18.3. The molecule has 0 unspecified atom stereocenters. The van der Waals surface area contributed by atoms with Gasteiger partial charge in [-0.1, -0.05) is 18.2 Å². The van der Waals surface area contributed by atoms with Gasteiger partial charge < -0.3 is 27.0 Å². The Balaban J connectivity index is 1.87. The Labute approximate surface area is 193 Å². The van der Waals surface area contributed by atoms with Crippen LogP contribution >= 0.6 is 0 Å². The number of primary amides is 1. The average molecular weight is 467 g/mol. The molecule has 0 aliphatic heterocycles. The van der Waals surface area contributed by atoms with E-state index in [4.69, 9.17) is 21.9 Å². The molecule has 3 aromatic rings. The molecule has 0 bridgehead atoms. The second kappa shape index (κ2) is 9.06. The van der Waals surface area contributed by atoms with Crippen molar-refractivity contribution < 1.29 is 23.4 Å². The minimum absolute atomic E-state index is 0.0361. The number of carbonyl (C=O) groups excluding carboxylic acids is 1. The monoisotopic (exact) mass is 467 g/mol. The summed E-state index contributed by atoms with van der Waals surface area (Å²) >= 11 is 0. The van der Waals surface area contributed by atoms with Gasteiger partial charge in [0.1, 0.15) is 22.9 Å². The molecule has 176 valence electrons. The number of aliphatic hydroxyl groups excluding tert-OH is 1. The second-order valence-corrected chi connectivity index (χ2v) is 7.97. The summed E-state index contributed by atoms with van der Waals surface area (Å²) in [5.74, 6) is -2.59. The highest BCUT2D eigenvalue weighted by Gasteiger charge is 2.28. The fourth-order valence-electron chi connectivity index (χ4n) is 3.88. The molecule has 1 fully saturated rings. The quantitative estimate of drug-likeness (QED) is 0.248. The van der Waals surface area contributed by atoms with Crippen molar-refractivity contribution in [3.8, 4) is 17.0 Å². The average Bonchev–Trinajstić information content (AvgIpc) is 2.77. The van der Waals surface area contributed by atoms with E-state index in [1.54, 1.807) is 6.07 Å². The molecule has 10 heteroatoms. The standard InChI is InChI=1S/C24H23F2N5O3/c1-34-22-15-7-6-11(20(27)18(24(29)33)23(28)30-12-9-13(32)10-12)8-17(15)31-21(19(22)26)14-4-2-3-5-16(14)25/h2-8,12-13,32H,9-10,27H2,1H3,(H2,28,30)(H2,29,33)/b20-18+. The first-order valence-electron chi connectivity index (χ1n) is 10.4. The zero-order valence-corrected chi connectivity index (χ0v) is 18.3. The number of methoxy groups -OCH3 is 1. The van der Waals surface area contributed by atoms with E-state index in [-0.39, 0.29) is 45.7 Å². The number of amidine groups is 1. The number of ether oxygens (including phenoxy) is 1. The summed E-state index contributed by atoms with van der Waals surface area (Å²) in [4.78, 5) is 20.7. The molecule has 1 aliphatic rings. The first-order valence-corrected chi connectivity index (χ1v) is 10.4. The summed E-state index contributed by atoms with van der Waals surface area (Å²) in [6.07, 6.45) is 0.401. The van der Waals surface area contributed by atoms with Gasteiger partial charge in [0.25, 0.3) is 5.91 Å². The molecule has 4 rings (SSSR count). The van der Waals surface area contributed by atoms with Gasteiger partial charge in [-0.15, -0.1) is 0 Å². The van der Waals surface area contributed by atoms with Crippen LogP contribution in [0.2, 0.25) is 0 Å². The summed E-state index contributed by atoms with van der Waals surface area (Å²) in [7, 11) is 1.30. The minimum Gasteiger partial charge on any atom is -0.493 e. The summed E-state index contributed by atoms with van der Waals surface area (Å²) in [6, 6.07) is 9.98. The third-order valence-corrected chi connectivity index (χ3v) is 5.71. The number of aliphatic imine (C=N–C) groups is 1. The van der Waals surface area contributed by atoms with Crippen LogP contribution in [0.1, 0.15) is 18.4 Å². The Morgan fingerprint density at radius 2 is 1.85 bits per heavy atom. The number of hydrogen-bond acceptors (Lipinski definition) is 6. The third-order valence-electron chi connectivity index (χ3n) is 5.71. The minimum atomic E-state index is -0.879. The van der Waals surface area contributed by atoms with Crippen LogP contribution in [0.15, 0.2) is 53.0 Å². The van der Waals surface area contributed by atoms with Crippen molar-refractivity contribution in [2.24, 2.45) is 22.2 Å². The van der Waals surface area contributed by atoms with Crippen LogP contribution in [0.25, 0.3) is 27.9 Å². The Kier molecular flexibility index (Phi) is 6.16. The predicted molar refractivity (Wildman–Crippen MR) is 125 cm³/mol. The molecule has 34 heavy (non-hydrogen) atoms. The van der Waals surface area contributed by atoms with Crippen molar-refractivity contribution in [1.82, 2.24) is 4.98 Å². The summed E-state index contributed by atoms with van der Waals surface area (Å²) in [5, 5.41) is 9.77. The van der Waals surface area contributed by atoms with E-state index in [1.807, 2.05) is 0 Å². The SMILES string of the molecule is COc1c(F)c(-c2ccccc2F)nc2cc(/C(N)=C(\C(N)=O)C(N)=NC3CC(O)C3)ccc12. The molecular formula is C24H23F2N5O3. The lowest BCUT2D eigenvalue weighted by atomic mass is 9.90. The maximum Gasteiger partial charge on any atom is 0.254 e. The van der Waals surface area contributed by atoms with Crippen molar-refractivity contribution in [1.29, 1.82) is 0 Å². The van der Waals surface area contributed by atoms with Crippen LogP contribution < -0.4 is 21.9 Å². The molecule has 7 N–H and O–H groups in total. The zero-order chi connectivity index (χ0) is 24.6. The largest absolute Gasteiger partial charge is 0.493 e. The summed E-state index contributed by atoms with van der Waals surface area (Å²) < 4.78 is 34.8. The molecular weight excluding hydrogens is 444 g/mol. The number of nitrogens with zero attached hydrogens (tertiary/aromatic N) is 2. The van der Waals surface area contributed by atoms with E-state index in [9.17, 15) is 14.3 Å². The van der Waals surface area contributed by atoms with E-state index in [0.717, 1.165) is 0 Å². The van der Waals surface area contributed by atoms with Crippen LogP contribution in [0, 0.1) is 11.6 Å². The van der Waals surface area contributed by atoms with Crippen LogP contribution in [0.3, 0.4) is 0 Å². The molecule has 1 aliphatic carbocycles. The molecule has 2 aromatic carbocycles. The highest BCUT2D eigenvalue weighted by Crippen LogP contribution is 2.36. The number of halogens is 2. The number of fused-ring (bicyclic) bond motifs is 1. The molecule has 0 spiro atoms.